The van der Waals surface area contributed by atoms with Crippen molar-refractivity contribution in [2.24, 2.45) is 0 Å². The van der Waals surface area contributed by atoms with Crippen LogP contribution < -0.4 is 53.2 Å². The molecule has 0 spiro atoms. The minimum atomic E-state index is -2.23. The van der Waals surface area contributed by atoms with Crippen LogP contribution in [0.3, 0.4) is 0 Å². The van der Waals surface area contributed by atoms with Crippen molar-refractivity contribution in [2.75, 3.05) is 70.5 Å². The second kappa shape index (κ2) is 36.3. The number of carbonyl (C=O) groups excluding carboxylic acids is 5. The molecule has 45 heteroatoms. The van der Waals surface area contributed by atoms with Gasteiger partial charge >= 0.3 is 0 Å². The smallest absolute Gasteiger partial charge is 0.280 e. The van der Waals surface area contributed by atoms with Crippen LogP contribution in [0.25, 0.3) is 0 Å². The zero-order valence-corrected chi connectivity index (χ0v) is 66.5. The molecule has 0 bridgehead atoms. The highest BCUT2D eigenvalue weighted by molar-refractivity contribution is 5.89. The molecule has 45 nitrogen and oxygen atoms in total. The highest BCUT2D eigenvalue weighted by Gasteiger charge is 2.70. The van der Waals surface area contributed by atoms with E-state index >= 15 is 0 Å². The number of nitrogens with one attached hydrogen (secondary N) is 10. The van der Waals surface area contributed by atoms with Gasteiger partial charge in [-0.15, -0.1) is 0 Å². The van der Waals surface area contributed by atoms with Crippen molar-refractivity contribution < 1.29 is 172 Å². The highest BCUT2D eigenvalue weighted by Crippen LogP contribution is 2.47. The van der Waals surface area contributed by atoms with E-state index in [9.17, 15) is 101 Å². The molecule has 0 aromatic heterocycles. The van der Waals surface area contributed by atoms with Crippen LogP contribution in [0, 0.1) is 0 Å². The maximum atomic E-state index is 12.2. The lowest BCUT2D eigenvalue weighted by Crippen LogP contribution is -2.77. The summed E-state index contributed by atoms with van der Waals surface area (Å²) in [6.07, 6.45) is -27.9. The van der Waals surface area contributed by atoms with Gasteiger partial charge in [-0.2, -0.15) is 0 Å². The number of aliphatic hydroxyl groups excluding tert-OH is 10. The summed E-state index contributed by atoms with van der Waals surface area (Å²) in [6, 6.07) is -6.47. The number of fused-ring (bicyclic) bond motifs is 10. The molecule has 0 amide bonds. The van der Waals surface area contributed by atoms with Gasteiger partial charge < -0.3 is 201 Å². The fourth-order valence-corrected chi connectivity index (χ4v) is 18.4. The maximum absolute atomic E-state index is 12.2. The summed E-state index contributed by atoms with van der Waals surface area (Å²) in [7, 11) is 16.2. The molecular formula is C70H120N10O35. The molecule has 0 aromatic rings. The van der Waals surface area contributed by atoms with Crippen LogP contribution in [-0.4, -0.2) is 449 Å². The number of likely N-dealkylation sites (N-methyl/N-ethyl adjacent to an activating group) is 10. The third-order valence-electron chi connectivity index (χ3n) is 24.6. The van der Waals surface area contributed by atoms with Gasteiger partial charge in [0, 0.05) is 32.1 Å². The summed E-state index contributed by atoms with van der Waals surface area (Å²) in [4.78, 5) is 61.1. The first-order chi connectivity index (χ1) is 54.1. The quantitative estimate of drug-likeness (QED) is 0.0966. The minimum Gasteiger partial charge on any atom is -0.390 e. The molecular weight excluding hydrogens is 1540 g/mol. The summed E-state index contributed by atoms with van der Waals surface area (Å²) in [5, 5.41) is 186. The van der Waals surface area contributed by atoms with Gasteiger partial charge in [0.05, 0.1) is 121 Å². The Balaban J connectivity index is 0.000000142. The summed E-state index contributed by atoms with van der Waals surface area (Å²) in [5.41, 5.74) is 0. The molecule has 5 saturated carbocycles. The zero-order valence-electron chi connectivity index (χ0n) is 66.5. The third kappa shape index (κ3) is 16.5. The van der Waals surface area contributed by atoms with Gasteiger partial charge in [-0.3, -0.25) is 24.0 Å². The van der Waals surface area contributed by atoms with E-state index < -0.39 is 302 Å². The summed E-state index contributed by atoms with van der Waals surface area (Å²) in [6.45, 7) is 8.48. The van der Waals surface area contributed by atoms with Crippen molar-refractivity contribution in [3.63, 3.8) is 0 Å². The SMILES string of the molecule is CN[C@@H]1[C@H](O)[C@H](NC)[C@H]2O[C@@]3(O)C(=O)C[C@@H](C)O[C@H]3O[C@@H]2[C@H]1O.CN[C@@H]1[C@H](O)[C@H](NC)[C@H]2O[C@@]3(O)C(=O)C[C@@H](C)O[C@H]3O[C@@H]2[C@H]1O.CN[C@@H]1[C@H](O)[C@H](NC)[C@H]2O[C@@]3(O)C(=O)C[C@@H](C)O[C@H]3O[C@@H]2[C@H]1O.CN[C@@H]1[C@H](O)[C@H](NC)[C@H]2O[C@@]3(O)C(=O)C[C@@H](C)O[C@H]3O[C@@H]2[C@H]1O.CN[C@@H]1[C@H](O)[C@H](NC)[C@H]2O[C@@]3(O)C(=O)C[C@@H](C)O[C@H]3O[C@@H]2[C@H]1O. The second-order valence-corrected chi connectivity index (χ2v) is 32.0. The Morgan fingerprint density at radius 1 is 0.217 bits per heavy atom. The minimum absolute atomic E-state index is 0.00220. The van der Waals surface area contributed by atoms with Crippen LogP contribution in [0.4, 0.5) is 0 Å². The molecule has 0 radical (unpaired) electrons. The van der Waals surface area contributed by atoms with Crippen LogP contribution in [0.1, 0.15) is 66.7 Å². The Kier molecular flexibility index (Phi) is 29.2. The van der Waals surface area contributed by atoms with Crippen LogP contribution in [-0.2, 0) is 95.0 Å². The predicted molar refractivity (Wildman–Crippen MR) is 382 cm³/mol. The first-order valence-electron chi connectivity index (χ1n) is 38.9. The molecule has 10 saturated heterocycles. The second-order valence-electron chi connectivity index (χ2n) is 32.0. The summed E-state index contributed by atoms with van der Waals surface area (Å²) >= 11 is 0. The standard InChI is InChI=1S/5C14H24N2O7/c5*1-5-4-6(17)14(20)13(21-5)22-12-10(19)7(15-2)9(18)8(16-3)11(12)23-14/h5*5,7-13,15-16,18-20H,4H2,1-3H3/t5*5-,7-,8+,9+,10+,11-,12-,13+,14+/m11111/s1. The van der Waals surface area contributed by atoms with Gasteiger partial charge in [0.2, 0.25) is 31.5 Å². The molecule has 10 aliphatic heterocycles. The number of carbonyl (C=O) groups is 5. The van der Waals surface area contributed by atoms with E-state index in [1.54, 1.807) is 105 Å². The molecule has 25 N–H and O–H groups in total. The van der Waals surface area contributed by atoms with Crippen molar-refractivity contribution in [2.45, 2.75) is 340 Å². The van der Waals surface area contributed by atoms with Gasteiger partial charge in [0.25, 0.3) is 28.9 Å². The van der Waals surface area contributed by atoms with Crippen molar-refractivity contribution in [1.29, 1.82) is 0 Å². The molecule has 45 atom stereocenters. The lowest BCUT2D eigenvalue weighted by atomic mass is 9.80. The molecule has 115 heavy (non-hydrogen) atoms. The Bertz CT molecular complexity index is 2880. The maximum Gasteiger partial charge on any atom is 0.280 e. The number of rotatable bonds is 10. The normalized spacial score (nSPS) is 53.6. The van der Waals surface area contributed by atoms with Crippen LogP contribution in [0.5, 0.6) is 0 Å². The molecule has 15 aliphatic rings. The van der Waals surface area contributed by atoms with Gasteiger partial charge in [0.1, 0.15) is 91.6 Å². The first-order valence-corrected chi connectivity index (χ1v) is 38.9. The molecule has 0 unspecified atom stereocenters. The average molecular weight is 1660 g/mol. The monoisotopic (exact) mass is 1660 g/mol. The van der Waals surface area contributed by atoms with Gasteiger partial charge in [-0.25, -0.2) is 0 Å². The van der Waals surface area contributed by atoms with Gasteiger partial charge in [0.15, 0.2) is 28.9 Å². The van der Waals surface area contributed by atoms with E-state index in [0.717, 1.165) is 0 Å². The number of ether oxygens (including phenoxy) is 15. The van der Waals surface area contributed by atoms with E-state index in [1.165, 1.54) is 0 Å². The Hall–Kier alpha value is -3.25. The third-order valence-corrected chi connectivity index (χ3v) is 24.6. The van der Waals surface area contributed by atoms with E-state index in [0.29, 0.717) is 0 Å². The van der Waals surface area contributed by atoms with Crippen molar-refractivity contribution in [1.82, 2.24) is 53.2 Å². The lowest BCUT2D eigenvalue weighted by molar-refractivity contribution is -0.420. The van der Waals surface area contributed by atoms with Crippen molar-refractivity contribution in [3.05, 3.63) is 0 Å². The Labute approximate surface area is 662 Å². The Morgan fingerprint density at radius 3 is 0.470 bits per heavy atom. The molecule has 10 heterocycles. The summed E-state index contributed by atoms with van der Waals surface area (Å²) < 4.78 is 84.1. The van der Waals surface area contributed by atoms with Crippen LogP contribution in [0.2, 0.25) is 0 Å². The van der Waals surface area contributed by atoms with Gasteiger partial charge in [-0.1, -0.05) is 0 Å². The number of hydrogen-bond donors (Lipinski definition) is 25. The van der Waals surface area contributed by atoms with Crippen molar-refractivity contribution >= 4 is 28.9 Å². The molecule has 15 rings (SSSR count). The van der Waals surface area contributed by atoms with E-state index in [4.69, 9.17) is 71.1 Å². The fraction of sp³-hybridized carbons (Fsp3) is 0.929. The van der Waals surface area contributed by atoms with E-state index in [2.05, 4.69) is 53.2 Å². The summed E-state index contributed by atoms with van der Waals surface area (Å²) in [5.74, 6) is -13.8. The molecule has 5 aliphatic carbocycles. The molecule has 0 aromatic carbocycles. The van der Waals surface area contributed by atoms with Crippen LogP contribution in [0.15, 0.2) is 0 Å². The van der Waals surface area contributed by atoms with E-state index in [1.807, 2.05) is 0 Å². The number of Topliss-reactive ketones (excluding diaryl/α,β-unsaturated/α-hetero) is 5. The molecule has 660 valence electrons. The highest BCUT2D eigenvalue weighted by atomic mass is 16.8. The fourth-order valence-electron chi connectivity index (χ4n) is 18.4. The first kappa shape index (κ1) is 92.5. The van der Waals surface area contributed by atoms with Crippen molar-refractivity contribution in [3.8, 4) is 0 Å². The number of hydrogen-bond acceptors (Lipinski definition) is 45. The number of aliphatic hydroxyl groups is 15. The van der Waals surface area contributed by atoms with E-state index in [-0.39, 0.29) is 32.1 Å². The topological polar surface area (TPSA) is 648 Å². The largest absolute Gasteiger partial charge is 0.390 e. The molecule has 15 fully saturated rings. The Morgan fingerprint density at radius 2 is 0.348 bits per heavy atom. The zero-order chi connectivity index (χ0) is 84.7. The van der Waals surface area contributed by atoms with Gasteiger partial charge in [-0.05, 0) is 105 Å². The number of ketones is 5. The lowest BCUT2D eigenvalue weighted by Gasteiger charge is -2.55. The average Bonchev–Trinajstić information content (AvgIpc) is 0.754. The van der Waals surface area contributed by atoms with Crippen LogP contribution >= 0.6 is 0 Å². The predicted octanol–water partition coefficient (Wildman–Crippen LogP) is -14.6.